The summed E-state index contributed by atoms with van der Waals surface area (Å²) in [5, 5.41) is 0. The Morgan fingerprint density at radius 2 is 1.73 bits per heavy atom. The van der Waals surface area contributed by atoms with E-state index in [1.807, 2.05) is 18.2 Å². The summed E-state index contributed by atoms with van der Waals surface area (Å²) in [5.74, 6) is -0.942. The highest BCUT2D eigenvalue weighted by atomic mass is 31.2. The SMILES string of the molecule is Cc1ccccc1.O=[P+](O)CP(=O)(O)O. The summed E-state index contributed by atoms with van der Waals surface area (Å²) >= 11 is 0. The molecule has 84 valence electrons. The smallest absolute Gasteiger partial charge is 0.321 e. The van der Waals surface area contributed by atoms with Crippen LogP contribution in [0.2, 0.25) is 0 Å². The molecule has 0 saturated carbocycles. The van der Waals surface area contributed by atoms with Crippen LogP contribution in [0, 0.1) is 6.92 Å². The lowest BCUT2D eigenvalue weighted by Gasteiger charge is -1.88. The second-order valence-electron chi connectivity index (χ2n) is 2.81. The van der Waals surface area contributed by atoms with Crippen LogP contribution in [0.5, 0.6) is 0 Å². The van der Waals surface area contributed by atoms with Gasteiger partial charge in [-0.3, -0.25) is 4.57 Å². The largest absolute Gasteiger partial charge is 0.518 e. The van der Waals surface area contributed by atoms with Crippen molar-refractivity contribution in [2.75, 3.05) is 5.90 Å². The first kappa shape index (κ1) is 14.4. The lowest BCUT2D eigenvalue weighted by molar-refractivity contribution is 0.377. The Morgan fingerprint density at radius 1 is 1.27 bits per heavy atom. The maximum absolute atomic E-state index is 9.79. The molecule has 1 rings (SSSR count). The fourth-order valence-electron chi connectivity index (χ4n) is 0.692. The average molecular weight is 251 g/mol. The van der Waals surface area contributed by atoms with Crippen LogP contribution in [0.3, 0.4) is 0 Å². The van der Waals surface area contributed by atoms with Gasteiger partial charge in [0.15, 0.2) is 0 Å². The minimum atomic E-state index is -4.26. The molecule has 7 heteroatoms. The molecule has 1 unspecified atom stereocenters. The van der Waals surface area contributed by atoms with E-state index in [1.165, 1.54) is 5.56 Å². The van der Waals surface area contributed by atoms with Crippen LogP contribution < -0.4 is 0 Å². The molecule has 1 atom stereocenters. The normalized spacial score (nSPS) is 11.3. The predicted octanol–water partition coefficient (Wildman–Crippen LogP) is 1.85. The van der Waals surface area contributed by atoms with Gasteiger partial charge in [-0.2, -0.15) is 4.89 Å². The predicted molar refractivity (Wildman–Crippen MR) is 57.9 cm³/mol. The third-order valence-corrected chi connectivity index (χ3v) is 3.69. The molecule has 3 N–H and O–H groups in total. The first-order valence-electron chi connectivity index (χ1n) is 4.01. The van der Waals surface area contributed by atoms with E-state index in [1.54, 1.807) is 0 Å². The van der Waals surface area contributed by atoms with Gasteiger partial charge in [0.2, 0.25) is 0 Å². The zero-order chi connectivity index (χ0) is 11.9. The van der Waals surface area contributed by atoms with Crippen LogP contribution in [-0.4, -0.2) is 20.6 Å². The fourth-order valence-corrected chi connectivity index (χ4v) is 1.95. The molecule has 0 spiro atoms. The van der Waals surface area contributed by atoms with Gasteiger partial charge in [-0.1, -0.05) is 35.9 Å². The molecule has 0 saturated heterocycles. The van der Waals surface area contributed by atoms with Crippen LogP contribution in [-0.2, 0) is 9.13 Å². The summed E-state index contributed by atoms with van der Waals surface area (Å²) in [6.45, 7) is 2.08. The van der Waals surface area contributed by atoms with Crippen LogP contribution in [0.4, 0.5) is 0 Å². The summed E-state index contributed by atoms with van der Waals surface area (Å²) in [4.78, 5) is 23.8. The maximum atomic E-state index is 9.79. The molecule has 0 heterocycles. The standard InChI is InChI=1S/C7H8.CH4O5P2/c1-7-5-3-2-4-6-7;2-7(3)1-8(4,5)6/h2-6H,1H3;1H2,(H2-,2,3,4,5,6)/p+1. The summed E-state index contributed by atoms with van der Waals surface area (Å²) in [6, 6.07) is 10.3. The highest BCUT2D eigenvalue weighted by Crippen LogP contribution is 2.42. The topological polar surface area (TPSA) is 94.8 Å². The molecule has 0 bridgehead atoms. The number of rotatable bonds is 2. The summed E-state index contributed by atoms with van der Waals surface area (Å²) < 4.78 is 19.5. The van der Waals surface area contributed by atoms with Crippen molar-refractivity contribution in [3.05, 3.63) is 35.9 Å². The first-order chi connectivity index (χ1) is 6.81. The fraction of sp³-hybridized carbons (Fsp3) is 0.250. The number of aryl methyl sites for hydroxylation is 1. The Morgan fingerprint density at radius 3 is 1.87 bits per heavy atom. The summed E-state index contributed by atoms with van der Waals surface area (Å²) in [7, 11) is -6.96. The molecule has 0 aliphatic heterocycles. The third kappa shape index (κ3) is 11.4. The van der Waals surface area contributed by atoms with E-state index in [4.69, 9.17) is 14.7 Å². The Balaban J connectivity index is 0.000000262. The number of hydrogen-bond donors (Lipinski definition) is 3. The van der Waals surface area contributed by atoms with E-state index in [0.29, 0.717) is 0 Å². The minimum Gasteiger partial charge on any atom is -0.321 e. The van der Waals surface area contributed by atoms with Gasteiger partial charge in [0, 0.05) is 0 Å². The maximum Gasteiger partial charge on any atom is 0.518 e. The second kappa shape index (κ2) is 6.83. The Bertz CT molecular complexity index is 345. The van der Waals surface area contributed by atoms with Crippen molar-refractivity contribution < 1.29 is 23.8 Å². The van der Waals surface area contributed by atoms with Crippen molar-refractivity contribution in [3.8, 4) is 0 Å². The van der Waals surface area contributed by atoms with Crippen LogP contribution >= 0.6 is 15.6 Å². The van der Waals surface area contributed by atoms with Gasteiger partial charge in [0.05, 0.1) is 0 Å². The van der Waals surface area contributed by atoms with Crippen LogP contribution in [0.15, 0.2) is 30.3 Å². The van der Waals surface area contributed by atoms with Crippen molar-refractivity contribution in [2.45, 2.75) is 6.92 Å². The highest BCUT2D eigenvalue weighted by molar-refractivity contribution is 7.64. The Kier molecular flexibility index (Phi) is 6.57. The van der Waals surface area contributed by atoms with Crippen molar-refractivity contribution in [3.63, 3.8) is 0 Å². The molecule has 1 aromatic carbocycles. The van der Waals surface area contributed by atoms with E-state index in [0.717, 1.165) is 0 Å². The molecule has 0 fully saturated rings. The average Bonchev–Trinajstić information content (AvgIpc) is 2.01. The van der Waals surface area contributed by atoms with Gasteiger partial charge in [0.25, 0.3) is 5.90 Å². The molecule has 0 radical (unpaired) electrons. The summed E-state index contributed by atoms with van der Waals surface area (Å²) in [5.41, 5.74) is 1.32. The molecule has 0 amide bonds. The lowest BCUT2D eigenvalue weighted by Crippen LogP contribution is -1.78. The monoisotopic (exact) mass is 251 g/mol. The van der Waals surface area contributed by atoms with Crippen molar-refractivity contribution in [1.82, 2.24) is 0 Å². The number of hydrogen-bond acceptors (Lipinski definition) is 2. The Hall–Kier alpha value is -0.570. The zero-order valence-electron chi connectivity index (χ0n) is 8.15. The molecule has 1 aromatic rings. The van der Waals surface area contributed by atoms with Gasteiger partial charge < -0.3 is 9.79 Å². The van der Waals surface area contributed by atoms with Crippen LogP contribution in [0.1, 0.15) is 5.56 Å². The first-order valence-corrected chi connectivity index (χ1v) is 7.20. The zero-order valence-corrected chi connectivity index (χ0v) is 9.94. The van der Waals surface area contributed by atoms with Gasteiger partial charge in [-0.15, -0.1) is 0 Å². The molecule has 5 nitrogen and oxygen atoms in total. The van der Waals surface area contributed by atoms with Gasteiger partial charge in [-0.25, -0.2) is 0 Å². The van der Waals surface area contributed by atoms with Crippen molar-refractivity contribution in [2.24, 2.45) is 0 Å². The third-order valence-electron chi connectivity index (χ3n) is 1.25. The van der Waals surface area contributed by atoms with E-state index in [9.17, 15) is 9.13 Å². The molecule has 15 heavy (non-hydrogen) atoms. The van der Waals surface area contributed by atoms with Gasteiger partial charge in [-0.05, 0) is 11.5 Å². The lowest BCUT2D eigenvalue weighted by atomic mass is 10.2. The minimum absolute atomic E-state index is 0.942. The second-order valence-corrected chi connectivity index (χ2v) is 5.98. The molecule has 0 aliphatic carbocycles. The van der Waals surface area contributed by atoms with Gasteiger partial charge in [0.1, 0.15) is 0 Å². The number of benzene rings is 1. The molecule has 0 aromatic heterocycles. The quantitative estimate of drug-likeness (QED) is 0.697. The van der Waals surface area contributed by atoms with Crippen molar-refractivity contribution in [1.29, 1.82) is 0 Å². The van der Waals surface area contributed by atoms with Gasteiger partial charge >= 0.3 is 15.6 Å². The summed E-state index contributed by atoms with van der Waals surface area (Å²) in [6.07, 6.45) is 0. The van der Waals surface area contributed by atoms with E-state index in [2.05, 4.69) is 19.1 Å². The molecular formula is C8H13O5P2+. The van der Waals surface area contributed by atoms with E-state index >= 15 is 0 Å². The van der Waals surface area contributed by atoms with Crippen LogP contribution in [0.25, 0.3) is 0 Å². The van der Waals surface area contributed by atoms with E-state index in [-0.39, 0.29) is 0 Å². The van der Waals surface area contributed by atoms with E-state index < -0.39 is 21.5 Å². The highest BCUT2D eigenvalue weighted by Gasteiger charge is 2.27. The van der Waals surface area contributed by atoms with Crippen molar-refractivity contribution >= 4 is 15.6 Å². The molecular weight excluding hydrogens is 238 g/mol. The Labute approximate surface area is 88.8 Å². The molecule has 0 aliphatic rings.